The molecule has 0 unspecified atom stereocenters. The van der Waals surface area contributed by atoms with Gasteiger partial charge in [0.1, 0.15) is 0 Å². The van der Waals surface area contributed by atoms with Crippen molar-refractivity contribution < 1.29 is 10.0 Å². The summed E-state index contributed by atoms with van der Waals surface area (Å²) in [6.45, 7) is -0.159. The largest absolute Gasteiger partial charge is 0.394 e. The molecule has 0 radical (unpaired) electrons. The van der Waals surface area contributed by atoms with Crippen LogP contribution >= 0.6 is 0 Å². The Morgan fingerprint density at radius 3 is 2.91 bits per heavy atom. The fourth-order valence-corrected chi connectivity index (χ4v) is 2.58. The number of aromatic amines is 1. The molecule has 0 fully saturated rings. The Balaban J connectivity index is 1.83. The molecule has 0 bridgehead atoms. The summed E-state index contributed by atoms with van der Waals surface area (Å²) in [5, 5.41) is 24.7. The van der Waals surface area contributed by atoms with E-state index in [1.165, 1.54) is 18.3 Å². The highest BCUT2D eigenvalue weighted by atomic mass is 16.6. The second kappa shape index (κ2) is 6.45. The molecule has 0 aliphatic heterocycles. The van der Waals surface area contributed by atoms with Gasteiger partial charge in [0, 0.05) is 29.4 Å². The van der Waals surface area contributed by atoms with E-state index in [4.69, 9.17) is 0 Å². The fraction of sp³-hybridized carbons (Fsp3) is 0.188. The number of rotatable bonds is 6. The molecule has 0 saturated heterocycles. The Kier molecular flexibility index (Phi) is 4.20. The number of aliphatic hydroxyl groups excluding tert-OH is 1. The van der Waals surface area contributed by atoms with Gasteiger partial charge in [0.25, 0.3) is 0 Å². The van der Waals surface area contributed by atoms with Gasteiger partial charge < -0.3 is 15.4 Å². The monoisotopic (exact) mass is 312 g/mol. The number of nitrogens with one attached hydrogen (secondary N) is 2. The molecule has 7 nitrogen and oxygen atoms in total. The van der Waals surface area contributed by atoms with Gasteiger partial charge in [-0.25, -0.2) is 4.98 Å². The first-order valence-corrected chi connectivity index (χ1v) is 7.21. The Morgan fingerprint density at radius 2 is 2.13 bits per heavy atom. The number of fused-ring (bicyclic) bond motifs is 1. The molecule has 1 aromatic carbocycles. The average Bonchev–Trinajstić information content (AvgIpc) is 2.97. The van der Waals surface area contributed by atoms with Crippen LogP contribution < -0.4 is 5.32 Å². The highest BCUT2D eigenvalue weighted by molar-refractivity contribution is 5.83. The van der Waals surface area contributed by atoms with Crippen LogP contribution in [0.1, 0.15) is 5.56 Å². The van der Waals surface area contributed by atoms with E-state index < -0.39 is 4.92 Å². The van der Waals surface area contributed by atoms with Crippen molar-refractivity contribution in [2.24, 2.45) is 0 Å². The molecule has 0 amide bonds. The van der Waals surface area contributed by atoms with Gasteiger partial charge in [0.05, 0.1) is 17.6 Å². The number of aromatic nitrogens is 2. The fourth-order valence-electron chi connectivity index (χ4n) is 2.58. The van der Waals surface area contributed by atoms with Crippen molar-refractivity contribution in [1.82, 2.24) is 9.97 Å². The Labute approximate surface area is 132 Å². The Hall–Kier alpha value is -2.93. The van der Waals surface area contributed by atoms with E-state index in [1.54, 1.807) is 0 Å². The minimum atomic E-state index is -0.491. The highest BCUT2D eigenvalue weighted by Gasteiger charge is 2.18. The maximum Gasteiger partial charge on any atom is 0.311 e. The first-order valence-electron chi connectivity index (χ1n) is 7.21. The van der Waals surface area contributed by atoms with Crippen LogP contribution in [-0.4, -0.2) is 32.6 Å². The quantitative estimate of drug-likeness (QED) is 0.479. The summed E-state index contributed by atoms with van der Waals surface area (Å²) in [7, 11) is 0. The molecule has 2 aromatic heterocycles. The molecule has 0 aliphatic rings. The second-order valence-corrected chi connectivity index (χ2v) is 5.22. The van der Waals surface area contributed by atoms with Crippen molar-refractivity contribution >= 4 is 22.4 Å². The van der Waals surface area contributed by atoms with Crippen LogP contribution in [-0.2, 0) is 6.42 Å². The van der Waals surface area contributed by atoms with E-state index in [0.29, 0.717) is 6.42 Å². The van der Waals surface area contributed by atoms with Gasteiger partial charge in [-0.3, -0.25) is 10.1 Å². The van der Waals surface area contributed by atoms with Crippen LogP contribution in [0.2, 0.25) is 0 Å². The first kappa shape index (κ1) is 15.0. The lowest BCUT2D eigenvalue weighted by Crippen LogP contribution is -2.27. The van der Waals surface area contributed by atoms with Crippen LogP contribution in [0.25, 0.3) is 10.9 Å². The number of hydrogen-bond acceptors (Lipinski definition) is 5. The van der Waals surface area contributed by atoms with Crippen LogP contribution in [0.3, 0.4) is 0 Å². The predicted octanol–water partition coefficient (Wildman–Crippen LogP) is 2.49. The van der Waals surface area contributed by atoms with E-state index in [1.807, 2.05) is 30.5 Å². The topological polar surface area (TPSA) is 104 Å². The summed E-state index contributed by atoms with van der Waals surface area (Å²) in [6, 6.07) is 10.4. The lowest BCUT2D eigenvalue weighted by molar-refractivity contribution is -0.384. The lowest BCUT2D eigenvalue weighted by atomic mass is 10.1. The van der Waals surface area contributed by atoms with Gasteiger partial charge in [-0.05, 0) is 24.1 Å². The maximum absolute atomic E-state index is 11.0. The molecule has 0 aliphatic carbocycles. The minimum Gasteiger partial charge on any atom is -0.394 e. The van der Waals surface area contributed by atoms with Crippen LogP contribution in [0.4, 0.5) is 11.5 Å². The summed E-state index contributed by atoms with van der Waals surface area (Å²) in [5.41, 5.74) is 1.94. The average molecular weight is 312 g/mol. The van der Waals surface area contributed by atoms with E-state index in [0.717, 1.165) is 16.5 Å². The van der Waals surface area contributed by atoms with E-state index in [2.05, 4.69) is 15.3 Å². The molecule has 7 heteroatoms. The first-order chi connectivity index (χ1) is 11.2. The van der Waals surface area contributed by atoms with Gasteiger partial charge >= 0.3 is 5.69 Å². The van der Waals surface area contributed by atoms with Gasteiger partial charge in [-0.2, -0.15) is 0 Å². The zero-order valence-electron chi connectivity index (χ0n) is 12.3. The van der Waals surface area contributed by atoms with Crippen molar-refractivity contribution in [2.45, 2.75) is 12.5 Å². The molecular formula is C16H16N4O3. The molecule has 3 aromatic rings. The molecule has 2 heterocycles. The SMILES string of the molecule is O=[N+]([O-])c1cccnc1N[C@@H](CO)Cc1c[nH]c2ccccc12. The molecule has 118 valence electrons. The van der Waals surface area contributed by atoms with Crippen LogP contribution in [0, 0.1) is 10.1 Å². The zero-order valence-corrected chi connectivity index (χ0v) is 12.3. The molecule has 3 N–H and O–H groups in total. The van der Waals surface area contributed by atoms with Crippen molar-refractivity contribution in [2.75, 3.05) is 11.9 Å². The van der Waals surface area contributed by atoms with E-state index >= 15 is 0 Å². The normalized spacial score (nSPS) is 12.2. The molecule has 1 atom stereocenters. The third-order valence-electron chi connectivity index (χ3n) is 3.69. The standard InChI is InChI=1S/C16H16N4O3/c21-10-12(19-16-15(20(22)23)6-3-7-17-16)8-11-9-18-14-5-2-1-4-13(11)14/h1-7,9,12,18,21H,8,10H2,(H,17,19)/t12-/m1/s1. The van der Waals surface area contributed by atoms with Crippen LogP contribution in [0.5, 0.6) is 0 Å². The molecular weight excluding hydrogens is 296 g/mol. The highest BCUT2D eigenvalue weighted by Crippen LogP contribution is 2.23. The number of pyridine rings is 1. The number of anilines is 1. The summed E-state index contributed by atoms with van der Waals surface area (Å²) >= 11 is 0. The summed E-state index contributed by atoms with van der Waals surface area (Å²) in [5.74, 6) is 0.163. The van der Waals surface area contributed by atoms with Gasteiger partial charge in [-0.15, -0.1) is 0 Å². The summed E-state index contributed by atoms with van der Waals surface area (Å²) < 4.78 is 0. The van der Waals surface area contributed by atoms with Crippen molar-refractivity contribution in [3.8, 4) is 0 Å². The Bertz CT molecular complexity index is 831. The third-order valence-corrected chi connectivity index (χ3v) is 3.69. The Morgan fingerprint density at radius 1 is 1.30 bits per heavy atom. The van der Waals surface area contributed by atoms with Crippen molar-refractivity contribution in [1.29, 1.82) is 0 Å². The van der Waals surface area contributed by atoms with Crippen LogP contribution in [0.15, 0.2) is 48.8 Å². The van der Waals surface area contributed by atoms with E-state index in [9.17, 15) is 15.2 Å². The number of nitro groups is 1. The van der Waals surface area contributed by atoms with Gasteiger partial charge in [0.15, 0.2) is 0 Å². The minimum absolute atomic E-state index is 0.107. The summed E-state index contributed by atoms with van der Waals surface area (Å²) in [6.07, 6.45) is 3.89. The number of H-pyrrole nitrogens is 1. The second-order valence-electron chi connectivity index (χ2n) is 5.22. The molecule has 0 saturated carbocycles. The zero-order chi connectivity index (χ0) is 16.2. The number of benzene rings is 1. The van der Waals surface area contributed by atoms with E-state index in [-0.39, 0.29) is 24.2 Å². The summed E-state index contributed by atoms with van der Waals surface area (Å²) in [4.78, 5) is 17.7. The molecule has 23 heavy (non-hydrogen) atoms. The van der Waals surface area contributed by atoms with Gasteiger partial charge in [0.2, 0.25) is 5.82 Å². The predicted molar refractivity (Wildman–Crippen MR) is 87.4 cm³/mol. The number of para-hydroxylation sites is 1. The maximum atomic E-state index is 11.0. The van der Waals surface area contributed by atoms with Crippen molar-refractivity contribution in [3.05, 3.63) is 64.5 Å². The number of aliphatic hydroxyl groups is 1. The lowest BCUT2D eigenvalue weighted by Gasteiger charge is -2.16. The molecule has 0 spiro atoms. The number of nitrogens with zero attached hydrogens (tertiary/aromatic N) is 2. The van der Waals surface area contributed by atoms with Crippen molar-refractivity contribution in [3.63, 3.8) is 0 Å². The number of hydrogen-bond donors (Lipinski definition) is 3. The third kappa shape index (κ3) is 3.14. The van der Waals surface area contributed by atoms with Gasteiger partial charge in [-0.1, -0.05) is 18.2 Å². The smallest absolute Gasteiger partial charge is 0.311 e. The molecule has 3 rings (SSSR count).